The quantitative estimate of drug-likeness (QED) is 0.887. The number of carbonyl (C=O) groups excluding carboxylic acids is 1. The Labute approximate surface area is 132 Å². The van der Waals surface area contributed by atoms with Crippen molar-refractivity contribution in [2.75, 3.05) is 5.75 Å². The predicted octanol–water partition coefficient (Wildman–Crippen LogP) is 3.65. The Morgan fingerprint density at radius 1 is 1.48 bits per heavy atom. The molecule has 0 saturated heterocycles. The van der Waals surface area contributed by atoms with Gasteiger partial charge in [0.25, 0.3) is 5.91 Å². The van der Waals surface area contributed by atoms with Gasteiger partial charge in [-0.05, 0) is 44.0 Å². The molecule has 6 heteroatoms. The molecule has 0 saturated carbocycles. The first kappa shape index (κ1) is 14.5. The van der Waals surface area contributed by atoms with E-state index in [1.807, 2.05) is 32.0 Å². The highest BCUT2D eigenvalue weighted by molar-refractivity contribution is 7.99. The summed E-state index contributed by atoms with van der Waals surface area (Å²) in [5, 5.41) is 10.7. The van der Waals surface area contributed by atoms with Crippen molar-refractivity contribution in [2.45, 2.75) is 31.2 Å². The Bertz CT molecular complexity index is 679. The summed E-state index contributed by atoms with van der Waals surface area (Å²) in [6.07, 6.45) is 0.902. The fourth-order valence-corrected chi connectivity index (χ4v) is 3.92. The van der Waals surface area contributed by atoms with Crippen molar-refractivity contribution in [3.63, 3.8) is 0 Å². The molecule has 0 bridgehead atoms. The second-order valence-corrected chi connectivity index (χ2v) is 6.73. The average molecular weight is 322 g/mol. The Morgan fingerprint density at radius 2 is 2.29 bits per heavy atom. The van der Waals surface area contributed by atoms with Crippen molar-refractivity contribution in [1.82, 2.24) is 15.5 Å². The fourth-order valence-electron chi connectivity index (χ4n) is 2.63. The fraction of sp³-hybridized carbons (Fsp3) is 0.333. The lowest BCUT2D eigenvalue weighted by atomic mass is 10.0. The number of hydrogen-bond acceptors (Lipinski definition) is 3. The van der Waals surface area contributed by atoms with E-state index < -0.39 is 0 Å². The van der Waals surface area contributed by atoms with Gasteiger partial charge in [0.2, 0.25) is 0 Å². The Hall–Kier alpha value is -1.46. The van der Waals surface area contributed by atoms with Gasteiger partial charge in [-0.2, -0.15) is 5.10 Å². The number of amides is 1. The lowest BCUT2D eigenvalue weighted by molar-refractivity contribution is 0.0934. The third-order valence-electron chi connectivity index (χ3n) is 3.67. The maximum absolute atomic E-state index is 12.5. The highest BCUT2D eigenvalue weighted by Crippen LogP contribution is 2.37. The maximum Gasteiger partial charge on any atom is 0.255 e. The van der Waals surface area contributed by atoms with Gasteiger partial charge in [-0.15, -0.1) is 11.8 Å². The number of nitrogens with zero attached hydrogens (tertiary/aromatic N) is 1. The first-order valence-electron chi connectivity index (χ1n) is 6.81. The Balaban J connectivity index is 1.87. The molecule has 1 aliphatic heterocycles. The molecule has 110 valence electrons. The first-order chi connectivity index (χ1) is 10.1. The minimum absolute atomic E-state index is 0.00106. The molecular formula is C15H16ClN3OS. The SMILES string of the molecule is Cc1n[nH]c(C)c1C(=O)NC1CCSc2ccc(Cl)cc21. The van der Waals surface area contributed by atoms with Crippen LogP contribution in [0.2, 0.25) is 5.02 Å². The molecule has 0 fully saturated rings. The van der Waals surface area contributed by atoms with E-state index in [4.69, 9.17) is 11.6 Å². The van der Waals surface area contributed by atoms with Crippen LogP contribution in [0, 0.1) is 13.8 Å². The van der Waals surface area contributed by atoms with Crippen LogP contribution in [0.5, 0.6) is 0 Å². The summed E-state index contributed by atoms with van der Waals surface area (Å²) in [6, 6.07) is 5.86. The number of carbonyl (C=O) groups is 1. The summed E-state index contributed by atoms with van der Waals surface area (Å²) >= 11 is 7.90. The second-order valence-electron chi connectivity index (χ2n) is 5.15. The number of hydrogen-bond donors (Lipinski definition) is 2. The normalized spacial score (nSPS) is 17.4. The molecular weight excluding hydrogens is 306 g/mol. The lowest BCUT2D eigenvalue weighted by Gasteiger charge is -2.26. The van der Waals surface area contributed by atoms with E-state index in [2.05, 4.69) is 15.5 Å². The number of aromatic nitrogens is 2. The zero-order chi connectivity index (χ0) is 15.0. The minimum atomic E-state index is -0.0819. The van der Waals surface area contributed by atoms with Crippen LogP contribution in [0.25, 0.3) is 0 Å². The second kappa shape index (κ2) is 5.73. The van der Waals surface area contributed by atoms with Crippen molar-refractivity contribution in [1.29, 1.82) is 0 Å². The largest absolute Gasteiger partial charge is 0.345 e. The summed E-state index contributed by atoms with van der Waals surface area (Å²) in [4.78, 5) is 13.7. The molecule has 1 aromatic carbocycles. The molecule has 1 aromatic heterocycles. The number of benzene rings is 1. The van der Waals surface area contributed by atoms with Gasteiger partial charge >= 0.3 is 0 Å². The molecule has 21 heavy (non-hydrogen) atoms. The van der Waals surface area contributed by atoms with Crippen LogP contribution < -0.4 is 5.32 Å². The third-order valence-corrected chi connectivity index (χ3v) is 5.03. The summed E-state index contributed by atoms with van der Waals surface area (Å²) in [6.45, 7) is 3.69. The number of nitrogens with one attached hydrogen (secondary N) is 2. The molecule has 0 aliphatic carbocycles. The lowest BCUT2D eigenvalue weighted by Crippen LogP contribution is -2.31. The van der Waals surface area contributed by atoms with E-state index in [-0.39, 0.29) is 11.9 Å². The van der Waals surface area contributed by atoms with E-state index in [1.165, 1.54) is 4.90 Å². The minimum Gasteiger partial charge on any atom is -0.345 e. The van der Waals surface area contributed by atoms with Crippen LogP contribution in [0.3, 0.4) is 0 Å². The summed E-state index contributed by atoms with van der Waals surface area (Å²) in [5.41, 5.74) is 3.26. The first-order valence-corrected chi connectivity index (χ1v) is 8.17. The summed E-state index contributed by atoms with van der Waals surface area (Å²) in [7, 11) is 0. The molecule has 1 unspecified atom stereocenters. The Morgan fingerprint density at radius 3 is 3.00 bits per heavy atom. The van der Waals surface area contributed by atoms with Crippen LogP contribution in [0.15, 0.2) is 23.1 Å². The van der Waals surface area contributed by atoms with Crippen LogP contribution in [0.4, 0.5) is 0 Å². The molecule has 1 atom stereocenters. The zero-order valence-corrected chi connectivity index (χ0v) is 13.4. The van der Waals surface area contributed by atoms with Crippen molar-refractivity contribution >= 4 is 29.3 Å². The van der Waals surface area contributed by atoms with Crippen LogP contribution in [-0.4, -0.2) is 21.9 Å². The maximum atomic E-state index is 12.5. The molecule has 0 radical (unpaired) electrons. The number of halogens is 1. The van der Waals surface area contributed by atoms with Gasteiger partial charge in [0, 0.05) is 21.4 Å². The van der Waals surface area contributed by atoms with Crippen molar-refractivity contribution in [3.8, 4) is 0 Å². The van der Waals surface area contributed by atoms with Crippen LogP contribution in [0.1, 0.15) is 39.8 Å². The van der Waals surface area contributed by atoms with Crippen molar-refractivity contribution in [3.05, 3.63) is 45.7 Å². The zero-order valence-electron chi connectivity index (χ0n) is 11.9. The number of thioether (sulfide) groups is 1. The molecule has 2 heterocycles. The smallest absolute Gasteiger partial charge is 0.255 e. The van der Waals surface area contributed by atoms with Crippen LogP contribution >= 0.6 is 23.4 Å². The molecule has 1 amide bonds. The monoisotopic (exact) mass is 321 g/mol. The highest BCUT2D eigenvalue weighted by atomic mass is 35.5. The van der Waals surface area contributed by atoms with E-state index in [9.17, 15) is 4.79 Å². The predicted molar refractivity (Wildman–Crippen MR) is 85.1 cm³/mol. The molecule has 2 N–H and O–H groups in total. The Kier molecular flexibility index (Phi) is 3.95. The molecule has 0 spiro atoms. The van der Waals surface area contributed by atoms with Gasteiger partial charge in [-0.1, -0.05) is 11.6 Å². The van der Waals surface area contributed by atoms with E-state index in [0.29, 0.717) is 10.6 Å². The van der Waals surface area contributed by atoms with Gasteiger partial charge in [0.05, 0.1) is 17.3 Å². The topological polar surface area (TPSA) is 57.8 Å². The standard InChI is InChI=1S/C15H16ClN3OS/c1-8-14(9(2)19-18-8)15(20)17-12-5-6-21-13-4-3-10(16)7-11(12)13/h3-4,7,12H,5-6H2,1-2H3,(H,17,20)(H,18,19). The van der Waals surface area contributed by atoms with E-state index >= 15 is 0 Å². The van der Waals surface area contributed by atoms with Crippen molar-refractivity contribution < 1.29 is 4.79 Å². The number of aromatic amines is 1. The summed E-state index contributed by atoms with van der Waals surface area (Å²) < 4.78 is 0. The van der Waals surface area contributed by atoms with Crippen LogP contribution in [-0.2, 0) is 0 Å². The van der Waals surface area contributed by atoms with Gasteiger partial charge < -0.3 is 5.32 Å². The van der Waals surface area contributed by atoms with Gasteiger partial charge in [0.15, 0.2) is 0 Å². The third kappa shape index (κ3) is 2.80. The molecule has 3 rings (SSSR count). The van der Waals surface area contributed by atoms with Gasteiger partial charge in [-0.25, -0.2) is 0 Å². The van der Waals surface area contributed by atoms with E-state index in [1.54, 1.807) is 11.8 Å². The molecule has 1 aliphatic rings. The molecule has 4 nitrogen and oxygen atoms in total. The number of H-pyrrole nitrogens is 1. The van der Waals surface area contributed by atoms with Gasteiger partial charge in [-0.3, -0.25) is 9.89 Å². The van der Waals surface area contributed by atoms with E-state index in [0.717, 1.165) is 29.1 Å². The summed E-state index contributed by atoms with van der Waals surface area (Å²) in [5.74, 6) is 0.907. The molecule has 2 aromatic rings. The number of aryl methyl sites for hydroxylation is 2. The van der Waals surface area contributed by atoms with Crippen molar-refractivity contribution in [2.24, 2.45) is 0 Å². The van der Waals surface area contributed by atoms with Gasteiger partial charge in [0.1, 0.15) is 0 Å². The average Bonchev–Trinajstić information content (AvgIpc) is 2.79. The highest BCUT2D eigenvalue weighted by Gasteiger charge is 2.25. The number of fused-ring (bicyclic) bond motifs is 1. The number of rotatable bonds is 2.